The van der Waals surface area contributed by atoms with Crippen LogP contribution in [0.2, 0.25) is 0 Å². The molecule has 0 bridgehead atoms. The molecule has 0 aliphatic rings. The summed E-state index contributed by atoms with van der Waals surface area (Å²) in [4.78, 5) is 13.6. The van der Waals surface area contributed by atoms with Crippen LogP contribution < -0.4 is 26.3 Å². The Morgan fingerprint density at radius 1 is 0.590 bits per heavy atom. The van der Waals surface area contributed by atoms with E-state index < -0.39 is 5.91 Å². The summed E-state index contributed by atoms with van der Waals surface area (Å²) in [5, 5.41) is 11.4. The lowest BCUT2D eigenvalue weighted by atomic mass is 10.1. The van der Waals surface area contributed by atoms with Crippen LogP contribution in [0.3, 0.4) is 0 Å². The molecule has 1 amide bonds. The highest BCUT2D eigenvalue weighted by Crippen LogP contribution is 2.36. The molecule has 8 heteroatoms. The number of nitrogen functional groups attached to an aromatic ring is 2. The third-order valence-corrected chi connectivity index (χ3v) is 5.55. The minimum atomic E-state index is -0.424. The third kappa shape index (κ3) is 6.58. The first-order chi connectivity index (χ1) is 19.0. The first-order valence-electron chi connectivity index (χ1n) is 12.1. The van der Waals surface area contributed by atoms with E-state index in [-0.39, 0.29) is 5.56 Å². The second-order valence-electron chi connectivity index (χ2n) is 8.51. The van der Waals surface area contributed by atoms with Crippen LogP contribution >= 0.6 is 0 Å². The average Bonchev–Trinajstić information content (AvgIpc) is 2.93. The van der Waals surface area contributed by atoms with Gasteiger partial charge in [-0.3, -0.25) is 4.79 Å². The van der Waals surface area contributed by atoms with Crippen LogP contribution in [0.15, 0.2) is 132 Å². The van der Waals surface area contributed by atoms with E-state index in [0.29, 0.717) is 45.7 Å². The largest absolute Gasteiger partial charge is 0.456 e. The van der Waals surface area contributed by atoms with Crippen molar-refractivity contribution in [3.8, 4) is 23.0 Å². The van der Waals surface area contributed by atoms with Crippen molar-refractivity contribution < 1.29 is 14.3 Å². The van der Waals surface area contributed by atoms with E-state index in [1.807, 2.05) is 30.3 Å². The highest BCUT2D eigenvalue weighted by atomic mass is 16.5. The number of nitrogens with zero attached hydrogens (tertiary/aromatic N) is 2. The summed E-state index contributed by atoms with van der Waals surface area (Å²) in [7, 11) is 0. The van der Waals surface area contributed by atoms with E-state index in [9.17, 15) is 4.79 Å². The monoisotopic (exact) mass is 515 g/mol. The Labute approximate surface area is 225 Å². The number of hydrogen-bond donors (Lipinski definition) is 3. The second-order valence-corrected chi connectivity index (χ2v) is 8.51. The molecule has 5 aromatic rings. The molecule has 192 valence electrons. The van der Waals surface area contributed by atoms with Gasteiger partial charge < -0.3 is 26.3 Å². The maximum absolute atomic E-state index is 13.6. The van der Waals surface area contributed by atoms with Gasteiger partial charge in [-0.1, -0.05) is 36.4 Å². The molecule has 5 rings (SSSR count). The van der Waals surface area contributed by atoms with Gasteiger partial charge >= 0.3 is 0 Å². The molecule has 0 aliphatic carbocycles. The van der Waals surface area contributed by atoms with Gasteiger partial charge in [-0.15, -0.1) is 0 Å². The summed E-state index contributed by atoms with van der Waals surface area (Å²) in [6.07, 6.45) is 0. The maximum atomic E-state index is 13.6. The smallest absolute Gasteiger partial charge is 0.263 e. The molecule has 0 unspecified atom stereocenters. The van der Waals surface area contributed by atoms with Crippen LogP contribution in [-0.4, -0.2) is 5.91 Å². The highest BCUT2D eigenvalue weighted by Gasteiger charge is 2.21. The van der Waals surface area contributed by atoms with Crippen molar-refractivity contribution in [3.05, 3.63) is 127 Å². The molecule has 39 heavy (non-hydrogen) atoms. The molecule has 5 aromatic carbocycles. The fourth-order valence-corrected chi connectivity index (χ4v) is 3.73. The van der Waals surface area contributed by atoms with Crippen molar-refractivity contribution >= 4 is 34.3 Å². The molecule has 0 radical (unpaired) electrons. The van der Waals surface area contributed by atoms with Crippen LogP contribution in [0.4, 0.5) is 28.4 Å². The zero-order valence-corrected chi connectivity index (χ0v) is 20.8. The SMILES string of the molecule is Nc1cccc(Oc2cccc(Oc3cccc(N)c3)c2C(=O)Nc2ccc(N=Nc3ccccc3)cc2)c1. The maximum Gasteiger partial charge on any atom is 0.263 e. The molecular formula is C31H25N5O3. The van der Waals surface area contributed by atoms with Crippen LogP contribution in [-0.2, 0) is 0 Å². The standard InChI is InChI=1S/C31H25N5O3/c32-21-7-4-11-26(19-21)38-28-13-6-14-29(39-27-12-5-8-22(33)20-27)30(28)31(37)34-23-15-17-25(18-16-23)36-35-24-9-2-1-3-10-24/h1-20H,32-33H2,(H,34,37). The van der Waals surface area contributed by atoms with Crippen LogP contribution in [0.25, 0.3) is 0 Å². The van der Waals surface area contributed by atoms with Crippen molar-refractivity contribution in [2.75, 3.05) is 16.8 Å². The molecule has 0 aliphatic heterocycles. The zero-order chi connectivity index (χ0) is 27.0. The number of rotatable bonds is 8. The molecule has 0 aromatic heterocycles. The van der Waals surface area contributed by atoms with Crippen molar-refractivity contribution in [1.29, 1.82) is 0 Å². The molecule has 8 nitrogen and oxygen atoms in total. The quantitative estimate of drug-likeness (QED) is 0.142. The lowest BCUT2D eigenvalue weighted by Crippen LogP contribution is -2.14. The van der Waals surface area contributed by atoms with Gasteiger partial charge in [0.25, 0.3) is 5.91 Å². The number of azo groups is 1. The summed E-state index contributed by atoms with van der Waals surface area (Å²) < 4.78 is 12.1. The lowest BCUT2D eigenvalue weighted by molar-refractivity contribution is 0.102. The summed E-state index contributed by atoms with van der Waals surface area (Å²) in [6.45, 7) is 0. The lowest BCUT2D eigenvalue weighted by Gasteiger charge is -2.16. The zero-order valence-electron chi connectivity index (χ0n) is 20.8. The van der Waals surface area contributed by atoms with E-state index >= 15 is 0 Å². The molecule has 0 saturated carbocycles. The van der Waals surface area contributed by atoms with E-state index in [2.05, 4.69) is 15.5 Å². The van der Waals surface area contributed by atoms with Crippen molar-refractivity contribution in [3.63, 3.8) is 0 Å². The summed E-state index contributed by atoms with van der Waals surface area (Å²) in [6, 6.07) is 35.5. The third-order valence-electron chi connectivity index (χ3n) is 5.55. The Morgan fingerprint density at radius 2 is 1.10 bits per heavy atom. The van der Waals surface area contributed by atoms with Gasteiger partial charge in [0.1, 0.15) is 28.6 Å². The van der Waals surface area contributed by atoms with E-state index in [1.54, 1.807) is 91.0 Å². The van der Waals surface area contributed by atoms with Gasteiger partial charge in [0.2, 0.25) is 0 Å². The minimum Gasteiger partial charge on any atom is -0.456 e. The van der Waals surface area contributed by atoms with Gasteiger partial charge in [-0.2, -0.15) is 10.2 Å². The average molecular weight is 516 g/mol. The number of nitrogens with one attached hydrogen (secondary N) is 1. The normalized spacial score (nSPS) is 10.8. The number of hydrogen-bond acceptors (Lipinski definition) is 7. The Bertz CT molecular complexity index is 1550. The van der Waals surface area contributed by atoms with Gasteiger partial charge in [0.05, 0.1) is 11.4 Å². The van der Waals surface area contributed by atoms with Crippen LogP contribution in [0, 0.1) is 0 Å². The molecule has 5 N–H and O–H groups in total. The number of carbonyl (C=O) groups is 1. The van der Waals surface area contributed by atoms with Gasteiger partial charge in [0.15, 0.2) is 0 Å². The molecule has 0 fully saturated rings. The number of ether oxygens (including phenoxy) is 2. The first kappa shape index (κ1) is 25.0. The van der Waals surface area contributed by atoms with Gasteiger partial charge in [0, 0.05) is 29.2 Å². The predicted octanol–water partition coefficient (Wildman–Crippen LogP) is 8.10. The van der Waals surface area contributed by atoms with Gasteiger partial charge in [-0.25, -0.2) is 0 Å². The number of benzene rings is 5. The molecule has 0 spiro atoms. The Balaban J connectivity index is 1.42. The van der Waals surface area contributed by atoms with Crippen molar-refractivity contribution in [1.82, 2.24) is 0 Å². The topological polar surface area (TPSA) is 124 Å². The Morgan fingerprint density at radius 3 is 1.64 bits per heavy atom. The predicted molar refractivity (Wildman–Crippen MR) is 153 cm³/mol. The highest BCUT2D eigenvalue weighted by molar-refractivity contribution is 6.08. The minimum absolute atomic E-state index is 0.204. The van der Waals surface area contributed by atoms with E-state index in [1.165, 1.54) is 0 Å². The van der Waals surface area contributed by atoms with Crippen molar-refractivity contribution in [2.24, 2.45) is 10.2 Å². The first-order valence-corrected chi connectivity index (χ1v) is 12.1. The van der Waals surface area contributed by atoms with E-state index in [0.717, 1.165) is 5.69 Å². The van der Waals surface area contributed by atoms with Crippen LogP contribution in [0.1, 0.15) is 10.4 Å². The summed E-state index contributed by atoms with van der Waals surface area (Å²) in [5.41, 5.74) is 15.1. The Hall–Kier alpha value is -5.63. The molecule has 0 heterocycles. The summed E-state index contributed by atoms with van der Waals surface area (Å²) >= 11 is 0. The molecule has 0 saturated heterocycles. The summed E-state index contributed by atoms with van der Waals surface area (Å²) in [5.74, 6) is 1.14. The van der Waals surface area contributed by atoms with Crippen LogP contribution in [0.5, 0.6) is 23.0 Å². The number of carbonyl (C=O) groups excluding carboxylic acids is 1. The van der Waals surface area contributed by atoms with E-state index in [4.69, 9.17) is 20.9 Å². The van der Waals surface area contributed by atoms with Crippen molar-refractivity contribution in [2.45, 2.75) is 0 Å². The molecule has 0 atom stereocenters. The number of amides is 1. The van der Waals surface area contributed by atoms with Gasteiger partial charge in [-0.05, 0) is 72.8 Å². The Kier molecular flexibility index (Phi) is 7.46. The molecular weight excluding hydrogens is 490 g/mol. The number of anilines is 3. The fourth-order valence-electron chi connectivity index (χ4n) is 3.73. The fraction of sp³-hybridized carbons (Fsp3) is 0. The number of nitrogens with two attached hydrogens (primary N) is 2. The second kappa shape index (κ2) is 11.6.